The highest BCUT2D eigenvalue weighted by Gasteiger charge is 2.56. The second-order valence-corrected chi connectivity index (χ2v) is 10.5. The lowest BCUT2D eigenvalue weighted by atomic mass is 9.45. The standard InChI is InChI=1S/C24H33ClN6O2/c1-5-6-18(15-7-8-26-27-11-15)30-21(32)13-31-23(33)22(25)20(12-28-31)29-19-10-16-9-17(14(19)2)24(16,3)4/h7-8,11-12,14,16-19,29H,5-6,9-10,13H2,1-4H3,(H,30,32)/t14-,16-,17+,18?,19-/m1/s1. The number of nitrogens with one attached hydrogen (secondary N) is 2. The molecule has 2 aromatic rings. The van der Waals surface area contributed by atoms with Gasteiger partial charge in [0.15, 0.2) is 0 Å². The number of nitrogens with zero attached hydrogens (tertiary/aromatic N) is 4. The molecule has 2 N–H and O–H groups in total. The van der Waals surface area contributed by atoms with Gasteiger partial charge in [-0.05, 0) is 54.1 Å². The van der Waals surface area contributed by atoms with E-state index in [1.807, 2.05) is 13.0 Å². The van der Waals surface area contributed by atoms with E-state index in [0.717, 1.165) is 29.5 Å². The number of aromatic nitrogens is 4. The highest BCUT2D eigenvalue weighted by atomic mass is 35.5. The van der Waals surface area contributed by atoms with E-state index in [-0.39, 0.29) is 29.6 Å². The van der Waals surface area contributed by atoms with Gasteiger partial charge in [0.05, 0.1) is 24.1 Å². The lowest BCUT2D eigenvalue weighted by Gasteiger charge is -2.62. The second kappa shape index (κ2) is 9.41. The van der Waals surface area contributed by atoms with E-state index in [2.05, 4.69) is 46.7 Å². The molecule has 0 aliphatic heterocycles. The molecular weight excluding hydrogens is 440 g/mol. The molecule has 8 nitrogen and oxygen atoms in total. The lowest BCUT2D eigenvalue weighted by Crippen LogP contribution is -2.58. The largest absolute Gasteiger partial charge is 0.379 e. The summed E-state index contributed by atoms with van der Waals surface area (Å²) in [7, 11) is 0. The number of halogens is 1. The number of carbonyl (C=O) groups is 1. The van der Waals surface area contributed by atoms with Crippen LogP contribution in [0, 0.1) is 23.2 Å². The van der Waals surface area contributed by atoms with Gasteiger partial charge in [-0.25, -0.2) is 4.68 Å². The average molecular weight is 473 g/mol. The van der Waals surface area contributed by atoms with Crippen molar-refractivity contribution >= 4 is 23.2 Å². The van der Waals surface area contributed by atoms with Gasteiger partial charge in [-0.15, -0.1) is 0 Å². The van der Waals surface area contributed by atoms with Gasteiger partial charge >= 0.3 is 0 Å². The number of hydrogen-bond donors (Lipinski definition) is 2. The van der Waals surface area contributed by atoms with Crippen LogP contribution in [-0.2, 0) is 11.3 Å². The maximum Gasteiger partial charge on any atom is 0.288 e. The molecule has 3 saturated carbocycles. The summed E-state index contributed by atoms with van der Waals surface area (Å²) in [5.41, 5.74) is 1.34. The monoisotopic (exact) mass is 472 g/mol. The van der Waals surface area contributed by atoms with E-state index in [0.29, 0.717) is 28.9 Å². The Kier molecular flexibility index (Phi) is 6.75. The SMILES string of the molecule is CCCC(NC(=O)Cn1ncc(N[C@@H]2C[C@H]3C[C@@H]([C@H]2C)C3(C)C)c(Cl)c1=O)c1ccnnc1. The fourth-order valence-corrected chi connectivity index (χ4v) is 5.91. The predicted molar refractivity (Wildman–Crippen MR) is 128 cm³/mol. The molecule has 33 heavy (non-hydrogen) atoms. The van der Waals surface area contributed by atoms with Gasteiger partial charge < -0.3 is 10.6 Å². The van der Waals surface area contributed by atoms with Crippen molar-refractivity contribution in [2.75, 3.05) is 5.32 Å². The zero-order valence-corrected chi connectivity index (χ0v) is 20.5. The van der Waals surface area contributed by atoms with Crippen LogP contribution in [0.3, 0.4) is 0 Å². The molecule has 2 heterocycles. The summed E-state index contributed by atoms with van der Waals surface area (Å²) in [5.74, 6) is 1.56. The summed E-state index contributed by atoms with van der Waals surface area (Å²) in [6.45, 7) is 8.83. The third kappa shape index (κ3) is 4.63. The Morgan fingerprint density at radius 2 is 2.09 bits per heavy atom. The molecule has 3 fully saturated rings. The zero-order valence-electron chi connectivity index (χ0n) is 19.7. The molecule has 1 amide bonds. The fourth-order valence-electron chi connectivity index (χ4n) is 5.71. The number of carbonyl (C=O) groups excluding carboxylic acids is 1. The summed E-state index contributed by atoms with van der Waals surface area (Å²) in [5, 5.41) is 18.4. The van der Waals surface area contributed by atoms with Crippen LogP contribution in [0.1, 0.15) is 65.0 Å². The smallest absolute Gasteiger partial charge is 0.288 e. The summed E-state index contributed by atoms with van der Waals surface area (Å²) in [4.78, 5) is 25.5. The van der Waals surface area contributed by atoms with Crippen LogP contribution in [0.15, 0.2) is 29.5 Å². The van der Waals surface area contributed by atoms with Gasteiger partial charge in [0.2, 0.25) is 5.91 Å². The Hall–Kier alpha value is -2.48. The van der Waals surface area contributed by atoms with Crippen molar-refractivity contribution in [2.24, 2.45) is 23.2 Å². The third-order valence-corrected chi connectivity index (χ3v) is 8.26. The van der Waals surface area contributed by atoms with Gasteiger partial charge in [-0.3, -0.25) is 9.59 Å². The van der Waals surface area contributed by atoms with Crippen LogP contribution in [0.4, 0.5) is 5.69 Å². The molecular formula is C24H33ClN6O2. The predicted octanol–water partition coefficient (Wildman–Crippen LogP) is 3.83. The van der Waals surface area contributed by atoms with Crippen LogP contribution in [0.2, 0.25) is 5.02 Å². The molecule has 3 aliphatic rings. The first-order valence-corrected chi connectivity index (χ1v) is 12.2. The maximum absolute atomic E-state index is 12.8. The van der Waals surface area contributed by atoms with Crippen LogP contribution >= 0.6 is 11.6 Å². The van der Waals surface area contributed by atoms with E-state index >= 15 is 0 Å². The second-order valence-electron chi connectivity index (χ2n) is 10.1. The quantitative estimate of drug-likeness (QED) is 0.605. The van der Waals surface area contributed by atoms with E-state index < -0.39 is 5.56 Å². The number of rotatable bonds is 8. The Morgan fingerprint density at radius 3 is 2.73 bits per heavy atom. The molecule has 2 aromatic heterocycles. The summed E-state index contributed by atoms with van der Waals surface area (Å²) < 4.78 is 1.11. The van der Waals surface area contributed by atoms with E-state index in [9.17, 15) is 9.59 Å². The molecule has 0 radical (unpaired) electrons. The summed E-state index contributed by atoms with van der Waals surface area (Å²) >= 11 is 6.42. The molecule has 5 atom stereocenters. The minimum absolute atomic E-state index is 0.0759. The van der Waals surface area contributed by atoms with Crippen LogP contribution in [0.25, 0.3) is 0 Å². The van der Waals surface area contributed by atoms with Crippen LogP contribution < -0.4 is 16.2 Å². The number of amides is 1. The number of hydrogen-bond acceptors (Lipinski definition) is 6. The van der Waals surface area contributed by atoms with Crippen molar-refractivity contribution in [3.05, 3.63) is 45.6 Å². The van der Waals surface area contributed by atoms with Gasteiger partial charge in [-0.2, -0.15) is 15.3 Å². The van der Waals surface area contributed by atoms with Crippen molar-refractivity contribution in [1.82, 2.24) is 25.3 Å². The maximum atomic E-state index is 12.8. The Bertz CT molecular complexity index is 1060. The molecule has 9 heteroatoms. The normalized spacial score (nSPS) is 26.2. The van der Waals surface area contributed by atoms with Crippen molar-refractivity contribution < 1.29 is 4.79 Å². The first-order valence-electron chi connectivity index (χ1n) is 11.8. The van der Waals surface area contributed by atoms with Gasteiger partial charge in [0.25, 0.3) is 5.56 Å². The van der Waals surface area contributed by atoms with Crippen LogP contribution in [0.5, 0.6) is 0 Å². The van der Waals surface area contributed by atoms with E-state index in [4.69, 9.17) is 11.6 Å². The zero-order chi connectivity index (χ0) is 23.8. The number of fused-ring (bicyclic) bond motifs is 2. The Morgan fingerprint density at radius 1 is 1.30 bits per heavy atom. The topological polar surface area (TPSA) is 102 Å². The molecule has 0 spiro atoms. The summed E-state index contributed by atoms with van der Waals surface area (Å²) in [6, 6.07) is 1.89. The molecule has 0 aromatic carbocycles. The molecule has 0 saturated heterocycles. The highest BCUT2D eigenvalue weighted by Crippen LogP contribution is 2.61. The van der Waals surface area contributed by atoms with Crippen LogP contribution in [-0.4, -0.2) is 31.9 Å². The number of anilines is 1. The van der Waals surface area contributed by atoms with Crippen molar-refractivity contribution in [3.63, 3.8) is 0 Å². The average Bonchev–Trinajstić information content (AvgIpc) is 2.79. The van der Waals surface area contributed by atoms with Gasteiger partial charge in [-0.1, -0.05) is 45.7 Å². The first-order chi connectivity index (χ1) is 15.7. The van der Waals surface area contributed by atoms with E-state index in [1.165, 1.54) is 6.42 Å². The third-order valence-electron chi connectivity index (χ3n) is 7.90. The minimum Gasteiger partial charge on any atom is -0.379 e. The van der Waals surface area contributed by atoms with Gasteiger partial charge in [0.1, 0.15) is 11.6 Å². The first kappa shape index (κ1) is 23.7. The summed E-state index contributed by atoms with van der Waals surface area (Å²) in [6.07, 6.45) is 8.78. The minimum atomic E-state index is -0.469. The van der Waals surface area contributed by atoms with Crippen molar-refractivity contribution in [2.45, 2.75) is 72.0 Å². The molecule has 3 aliphatic carbocycles. The highest BCUT2D eigenvalue weighted by molar-refractivity contribution is 6.32. The Labute approximate surface area is 199 Å². The fraction of sp³-hybridized carbons (Fsp3) is 0.625. The Balaban J connectivity index is 1.42. The van der Waals surface area contributed by atoms with Crippen molar-refractivity contribution in [1.29, 1.82) is 0 Å². The molecule has 5 rings (SSSR count). The van der Waals surface area contributed by atoms with Crippen molar-refractivity contribution in [3.8, 4) is 0 Å². The molecule has 1 unspecified atom stereocenters. The van der Waals surface area contributed by atoms with Gasteiger partial charge in [0, 0.05) is 12.2 Å². The lowest BCUT2D eigenvalue weighted by molar-refractivity contribution is -0.122. The molecule has 178 valence electrons. The van der Waals surface area contributed by atoms with E-state index in [1.54, 1.807) is 18.6 Å². The molecule has 2 bridgehead atoms.